The summed E-state index contributed by atoms with van der Waals surface area (Å²) in [5.41, 5.74) is 8.06. The Kier molecular flexibility index (Phi) is 3.39. The molecule has 0 unspecified atom stereocenters. The van der Waals surface area contributed by atoms with Crippen LogP contribution in [0.4, 0.5) is 5.69 Å². The Morgan fingerprint density at radius 2 is 2.12 bits per heavy atom. The number of rotatable bonds is 2. The van der Waals surface area contributed by atoms with Gasteiger partial charge < -0.3 is 15.3 Å². The number of aliphatic hydroxyl groups excluding tert-OH is 1. The van der Waals surface area contributed by atoms with E-state index in [4.69, 9.17) is 0 Å². The summed E-state index contributed by atoms with van der Waals surface area (Å²) in [7, 11) is 0. The summed E-state index contributed by atoms with van der Waals surface area (Å²) < 4.78 is 0. The van der Waals surface area contributed by atoms with Crippen LogP contribution >= 0.6 is 0 Å². The molecule has 0 spiro atoms. The first kappa shape index (κ1) is 14.5. The molecule has 0 radical (unpaired) electrons. The maximum Gasteiger partial charge on any atom is 0.0687 e. The Labute approximate surface area is 143 Å². The standard InChI is InChI=1S/C21H24N2O/c24-13-15-4-1-2-6-17(15)16-10-14-5-3-9-23-20-7-8-22-12-19(20)18(11-16)21(14)23/h1-2,4,6,10-11,19-20,22,24H,3,5,7-9,12-13H2/t19-,20-/m1/s1. The van der Waals surface area contributed by atoms with Crippen LogP contribution in [0.5, 0.6) is 0 Å². The Bertz CT molecular complexity index is 785. The minimum atomic E-state index is 0.0995. The molecular weight excluding hydrogens is 296 g/mol. The van der Waals surface area contributed by atoms with E-state index in [0.717, 1.165) is 18.7 Å². The molecule has 3 heteroatoms. The van der Waals surface area contributed by atoms with Crippen LogP contribution in [0.3, 0.4) is 0 Å². The number of nitrogens with one attached hydrogen (secondary N) is 1. The molecular formula is C21H24N2O. The van der Waals surface area contributed by atoms with Gasteiger partial charge in [-0.1, -0.05) is 24.3 Å². The molecule has 2 atom stereocenters. The van der Waals surface area contributed by atoms with E-state index in [2.05, 4.69) is 34.5 Å². The molecule has 24 heavy (non-hydrogen) atoms. The van der Waals surface area contributed by atoms with E-state index < -0.39 is 0 Å². The van der Waals surface area contributed by atoms with Crippen molar-refractivity contribution >= 4 is 5.69 Å². The van der Waals surface area contributed by atoms with Crippen LogP contribution in [-0.2, 0) is 13.0 Å². The zero-order valence-corrected chi connectivity index (χ0v) is 14.0. The molecule has 1 saturated heterocycles. The van der Waals surface area contributed by atoms with Crippen molar-refractivity contribution in [2.24, 2.45) is 0 Å². The fourth-order valence-corrected chi connectivity index (χ4v) is 5.06. The number of anilines is 1. The second-order valence-electron chi connectivity index (χ2n) is 7.35. The number of fused-ring (bicyclic) bond motifs is 3. The van der Waals surface area contributed by atoms with Crippen molar-refractivity contribution in [1.82, 2.24) is 5.32 Å². The zero-order valence-electron chi connectivity index (χ0n) is 14.0. The third kappa shape index (κ3) is 2.04. The van der Waals surface area contributed by atoms with Crippen molar-refractivity contribution in [3.05, 3.63) is 53.1 Å². The van der Waals surface area contributed by atoms with Crippen molar-refractivity contribution < 1.29 is 5.11 Å². The van der Waals surface area contributed by atoms with Crippen molar-refractivity contribution in [3.8, 4) is 11.1 Å². The monoisotopic (exact) mass is 320 g/mol. The fourth-order valence-electron chi connectivity index (χ4n) is 5.06. The Morgan fingerprint density at radius 3 is 3.04 bits per heavy atom. The highest BCUT2D eigenvalue weighted by Gasteiger charge is 2.42. The van der Waals surface area contributed by atoms with E-state index in [-0.39, 0.29) is 6.61 Å². The highest BCUT2D eigenvalue weighted by Crippen LogP contribution is 2.49. The Hall–Kier alpha value is -1.84. The first-order valence-electron chi connectivity index (χ1n) is 9.20. The quantitative estimate of drug-likeness (QED) is 0.893. The van der Waals surface area contributed by atoms with E-state index in [0.29, 0.717) is 12.0 Å². The summed E-state index contributed by atoms with van der Waals surface area (Å²) >= 11 is 0. The van der Waals surface area contributed by atoms with E-state index in [1.807, 2.05) is 12.1 Å². The molecule has 2 aromatic carbocycles. The van der Waals surface area contributed by atoms with Gasteiger partial charge in [-0.15, -0.1) is 0 Å². The topological polar surface area (TPSA) is 35.5 Å². The number of nitrogens with zero attached hydrogens (tertiary/aromatic N) is 1. The highest BCUT2D eigenvalue weighted by atomic mass is 16.3. The molecule has 1 fully saturated rings. The van der Waals surface area contributed by atoms with Gasteiger partial charge >= 0.3 is 0 Å². The number of benzene rings is 2. The molecule has 0 saturated carbocycles. The average Bonchev–Trinajstić information content (AvgIpc) is 2.98. The first-order chi connectivity index (χ1) is 11.9. The second-order valence-corrected chi connectivity index (χ2v) is 7.35. The van der Waals surface area contributed by atoms with Gasteiger partial charge in [-0.3, -0.25) is 0 Å². The Balaban J connectivity index is 1.69. The first-order valence-corrected chi connectivity index (χ1v) is 9.20. The van der Waals surface area contributed by atoms with Crippen LogP contribution in [0.2, 0.25) is 0 Å². The van der Waals surface area contributed by atoms with Crippen molar-refractivity contribution in [3.63, 3.8) is 0 Å². The summed E-state index contributed by atoms with van der Waals surface area (Å²) in [5.74, 6) is 0.617. The SMILES string of the molecule is OCc1ccccc1-c1cc2c3c(c1)[C@H]1CNCC[C@H]1N3CCC2. The molecule has 3 heterocycles. The van der Waals surface area contributed by atoms with Gasteiger partial charge in [-0.05, 0) is 65.8 Å². The summed E-state index contributed by atoms with van der Waals surface area (Å²) in [6.45, 7) is 3.55. The fraction of sp³-hybridized carbons (Fsp3) is 0.429. The summed E-state index contributed by atoms with van der Waals surface area (Å²) in [5, 5.41) is 13.3. The lowest BCUT2D eigenvalue weighted by molar-refractivity contribution is 0.282. The lowest BCUT2D eigenvalue weighted by atomic mass is 9.87. The largest absolute Gasteiger partial charge is 0.392 e. The maximum absolute atomic E-state index is 9.72. The molecule has 124 valence electrons. The molecule has 5 rings (SSSR count). The molecule has 2 N–H and O–H groups in total. The van der Waals surface area contributed by atoms with Crippen LogP contribution in [-0.4, -0.2) is 30.8 Å². The van der Waals surface area contributed by atoms with Crippen molar-refractivity contribution in [1.29, 1.82) is 0 Å². The lowest BCUT2D eigenvalue weighted by Crippen LogP contribution is -2.45. The highest BCUT2D eigenvalue weighted by molar-refractivity contribution is 5.77. The molecule has 3 nitrogen and oxygen atoms in total. The smallest absolute Gasteiger partial charge is 0.0687 e. The predicted molar refractivity (Wildman–Crippen MR) is 97.5 cm³/mol. The number of hydrogen-bond donors (Lipinski definition) is 2. The van der Waals surface area contributed by atoms with Gasteiger partial charge in [0, 0.05) is 30.7 Å². The van der Waals surface area contributed by atoms with Gasteiger partial charge in [-0.25, -0.2) is 0 Å². The number of aryl methyl sites for hydroxylation is 1. The van der Waals surface area contributed by atoms with Crippen LogP contribution < -0.4 is 10.2 Å². The number of piperidine rings is 1. The lowest BCUT2D eigenvalue weighted by Gasteiger charge is -2.36. The molecule has 0 amide bonds. The number of hydrogen-bond acceptors (Lipinski definition) is 3. The summed E-state index contributed by atoms with van der Waals surface area (Å²) in [4.78, 5) is 2.70. The van der Waals surface area contributed by atoms with Crippen molar-refractivity contribution in [2.45, 2.75) is 37.8 Å². The van der Waals surface area contributed by atoms with Crippen LogP contribution in [0.1, 0.15) is 35.4 Å². The molecule has 0 aromatic heterocycles. The average molecular weight is 320 g/mol. The van der Waals surface area contributed by atoms with Gasteiger partial charge in [-0.2, -0.15) is 0 Å². The van der Waals surface area contributed by atoms with Gasteiger partial charge in [0.1, 0.15) is 0 Å². The summed E-state index contributed by atoms with van der Waals surface area (Å²) in [6.07, 6.45) is 3.69. The predicted octanol–water partition coefficient (Wildman–Crippen LogP) is 3.06. The normalized spacial score (nSPS) is 24.6. The van der Waals surface area contributed by atoms with Gasteiger partial charge in [0.15, 0.2) is 0 Å². The molecule has 3 aliphatic heterocycles. The van der Waals surface area contributed by atoms with E-state index >= 15 is 0 Å². The molecule has 2 aromatic rings. The third-order valence-electron chi connectivity index (χ3n) is 6.09. The van der Waals surface area contributed by atoms with Crippen molar-refractivity contribution in [2.75, 3.05) is 24.5 Å². The zero-order chi connectivity index (χ0) is 16.1. The van der Waals surface area contributed by atoms with Gasteiger partial charge in [0.05, 0.1) is 6.61 Å². The van der Waals surface area contributed by atoms with E-state index in [1.165, 1.54) is 53.7 Å². The number of aliphatic hydroxyl groups is 1. The van der Waals surface area contributed by atoms with Crippen LogP contribution in [0.15, 0.2) is 36.4 Å². The summed E-state index contributed by atoms with van der Waals surface area (Å²) in [6, 6.07) is 13.7. The minimum Gasteiger partial charge on any atom is -0.392 e. The molecule has 0 aliphatic carbocycles. The second kappa shape index (κ2) is 5.61. The van der Waals surface area contributed by atoms with E-state index in [1.54, 1.807) is 0 Å². The Morgan fingerprint density at radius 1 is 1.21 bits per heavy atom. The van der Waals surface area contributed by atoms with Crippen LogP contribution in [0, 0.1) is 0 Å². The molecule has 0 bridgehead atoms. The van der Waals surface area contributed by atoms with Gasteiger partial charge in [0.2, 0.25) is 0 Å². The molecule has 3 aliphatic rings. The van der Waals surface area contributed by atoms with E-state index in [9.17, 15) is 5.11 Å². The third-order valence-corrected chi connectivity index (χ3v) is 6.09. The minimum absolute atomic E-state index is 0.0995. The van der Waals surface area contributed by atoms with Gasteiger partial charge in [0.25, 0.3) is 0 Å². The maximum atomic E-state index is 9.72. The van der Waals surface area contributed by atoms with Crippen LogP contribution in [0.25, 0.3) is 11.1 Å².